The van der Waals surface area contributed by atoms with E-state index in [-0.39, 0.29) is 42.2 Å². The third kappa shape index (κ3) is 6.05. The quantitative estimate of drug-likeness (QED) is 0.335. The fraction of sp³-hybridized carbons (Fsp3) is 0.667. The van der Waals surface area contributed by atoms with Crippen molar-refractivity contribution in [1.29, 1.82) is 0 Å². The van der Waals surface area contributed by atoms with Crippen LogP contribution in [0, 0.1) is 5.92 Å². The van der Waals surface area contributed by atoms with Crippen LogP contribution < -0.4 is 10.6 Å². The Labute approximate surface area is 203 Å². The maximum atomic E-state index is 12.6. The van der Waals surface area contributed by atoms with Gasteiger partial charge in [0.15, 0.2) is 5.96 Å². The van der Waals surface area contributed by atoms with Crippen LogP contribution in [0.25, 0.3) is 0 Å². The van der Waals surface area contributed by atoms with Crippen molar-refractivity contribution < 1.29 is 9.53 Å². The lowest BCUT2D eigenvalue weighted by Crippen LogP contribution is -2.55. The van der Waals surface area contributed by atoms with Crippen LogP contribution in [0.5, 0.6) is 0 Å². The number of nitrogens with one attached hydrogen (secondary N) is 2. The molecule has 4 unspecified atom stereocenters. The third-order valence-corrected chi connectivity index (χ3v) is 6.58. The number of hydrogen-bond donors (Lipinski definition) is 2. The molecule has 31 heavy (non-hydrogen) atoms. The van der Waals surface area contributed by atoms with Crippen molar-refractivity contribution in [2.24, 2.45) is 10.9 Å². The molecule has 2 N–H and O–H groups in total. The van der Waals surface area contributed by atoms with E-state index < -0.39 is 5.60 Å². The summed E-state index contributed by atoms with van der Waals surface area (Å²) in [6.45, 7) is 6.74. The van der Waals surface area contributed by atoms with Gasteiger partial charge < -0.3 is 20.3 Å². The van der Waals surface area contributed by atoms with Crippen LogP contribution in [0.1, 0.15) is 64.4 Å². The van der Waals surface area contributed by atoms with Gasteiger partial charge in [0.05, 0.1) is 0 Å². The molecule has 1 saturated carbocycles. The number of carbonyl (C=O) groups excluding carboxylic acids is 1. The molecule has 2 heterocycles. The van der Waals surface area contributed by atoms with Crippen molar-refractivity contribution in [3.8, 4) is 0 Å². The van der Waals surface area contributed by atoms with E-state index >= 15 is 0 Å². The largest absolute Gasteiger partial charge is 0.444 e. The monoisotopic (exact) mass is 540 g/mol. The first-order valence-electron chi connectivity index (χ1n) is 11.4. The molecule has 3 aliphatic rings. The average Bonchev–Trinajstić information content (AvgIpc) is 3.42. The predicted molar refractivity (Wildman–Crippen MR) is 135 cm³/mol. The van der Waals surface area contributed by atoms with Crippen LogP contribution in [0.4, 0.5) is 4.79 Å². The van der Waals surface area contributed by atoms with E-state index in [1.54, 1.807) is 0 Å². The Kier molecular flexibility index (Phi) is 7.76. The Morgan fingerprint density at radius 1 is 1.13 bits per heavy atom. The van der Waals surface area contributed by atoms with Gasteiger partial charge in [0.2, 0.25) is 0 Å². The summed E-state index contributed by atoms with van der Waals surface area (Å²) in [4.78, 5) is 19.1. The van der Waals surface area contributed by atoms with Crippen LogP contribution in [-0.2, 0) is 4.74 Å². The lowest BCUT2D eigenvalue weighted by molar-refractivity contribution is 0.00545. The molecule has 0 radical (unpaired) electrons. The first-order chi connectivity index (χ1) is 14.3. The van der Waals surface area contributed by atoms with E-state index in [1.807, 2.05) is 32.7 Å². The van der Waals surface area contributed by atoms with E-state index in [0.717, 1.165) is 38.2 Å². The summed E-state index contributed by atoms with van der Waals surface area (Å²) in [6, 6.07) is 11.6. The van der Waals surface area contributed by atoms with Crippen LogP contribution in [0.3, 0.4) is 0 Å². The number of aliphatic imine (C=N–C) groups is 1. The highest BCUT2D eigenvalue weighted by atomic mass is 127. The lowest BCUT2D eigenvalue weighted by atomic mass is 9.98. The van der Waals surface area contributed by atoms with Gasteiger partial charge in [-0.05, 0) is 70.3 Å². The standard InChI is InChI=1S/C24H36N4O2.HI/c1-24(2,3)30-23(29)28-19-10-11-20(28)14-18(13-19)27-22(25-4)26-15-17-12-21(17)16-8-6-5-7-9-16;/h5-9,17-21H,10-15H2,1-4H3,(H2,25,26,27);1H. The van der Waals surface area contributed by atoms with Gasteiger partial charge in [0, 0.05) is 31.7 Å². The SMILES string of the molecule is CN=C(NCC1CC1c1ccccc1)NC1CC2CCC(C1)N2C(=O)OC(C)(C)C.I. The van der Waals surface area contributed by atoms with Gasteiger partial charge in [-0.2, -0.15) is 0 Å². The molecule has 3 fully saturated rings. The highest BCUT2D eigenvalue weighted by Crippen LogP contribution is 2.46. The number of ether oxygens (including phenoxy) is 1. The molecular weight excluding hydrogens is 503 g/mol. The normalized spacial score (nSPS) is 29.7. The Morgan fingerprint density at radius 2 is 1.77 bits per heavy atom. The van der Waals surface area contributed by atoms with E-state index in [9.17, 15) is 4.79 Å². The fourth-order valence-corrected chi connectivity index (χ4v) is 5.11. The molecule has 1 amide bonds. The average molecular weight is 540 g/mol. The number of guanidine groups is 1. The first kappa shape index (κ1) is 24.1. The van der Waals surface area contributed by atoms with Gasteiger partial charge in [0.25, 0.3) is 0 Å². The van der Waals surface area contributed by atoms with Crippen molar-refractivity contribution in [1.82, 2.24) is 15.5 Å². The summed E-state index contributed by atoms with van der Waals surface area (Å²) in [6.07, 6.45) is 5.12. The molecule has 0 aromatic heterocycles. The Balaban J connectivity index is 0.00000272. The highest BCUT2D eigenvalue weighted by molar-refractivity contribution is 14.0. The Bertz CT molecular complexity index is 766. The van der Waals surface area contributed by atoms with E-state index in [2.05, 4.69) is 46.0 Å². The van der Waals surface area contributed by atoms with Gasteiger partial charge in [0.1, 0.15) is 5.60 Å². The Hall–Kier alpha value is -1.51. The molecule has 2 aliphatic heterocycles. The second-order valence-corrected chi connectivity index (χ2v) is 10.1. The molecule has 2 saturated heterocycles. The Morgan fingerprint density at radius 3 is 2.35 bits per heavy atom. The number of carbonyl (C=O) groups is 1. The van der Waals surface area contributed by atoms with Gasteiger partial charge in [-0.1, -0.05) is 30.3 Å². The summed E-state index contributed by atoms with van der Waals surface area (Å²) < 4.78 is 5.64. The van der Waals surface area contributed by atoms with Crippen LogP contribution in [0.2, 0.25) is 0 Å². The van der Waals surface area contributed by atoms with E-state index in [4.69, 9.17) is 4.74 Å². The number of amides is 1. The number of piperidine rings is 1. The zero-order valence-corrected chi connectivity index (χ0v) is 21.5. The van der Waals surface area contributed by atoms with Gasteiger partial charge in [-0.3, -0.25) is 4.99 Å². The van der Waals surface area contributed by atoms with E-state index in [1.165, 1.54) is 12.0 Å². The first-order valence-corrected chi connectivity index (χ1v) is 11.4. The zero-order valence-electron chi connectivity index (χ0n) is 19.1. The number of halogens is 1. The van der Waals surface area contributed by atoms with Gasteiger partial charge >= 0.3 is 6.09 Å². The van der Waals surface area contributed by atoms with Crippen LogP contribution in [-0.4, -0.2) is 54.3 Å². The molecule has 4 atom stereocenters. The predicted octanol–water partition coefficient (Wildman–Crippen LogP) is 4.50. The molecule has 0 spiro atoms. The minimum absolute atomic E-state index is 0. The second kappa shape index (κ2) is 9.96. The van der Waals surface area contributed by atoms with E-state index in [0.29, 0.717) is 17.9 Å². The maximum absolute atomic E-state index is 12.6. The minimum atomic E-state index is -0.446. The van der Waals surface area contributed by atoms with Crippen molar-refractivity contribution in [3.63, 3.8) is 0 Å². The topological polar surface area (TPSA) is 66.0 Å². The second-order valence-electron chi connectivity index (χ2n) is 10.1. The number of benzene rings is 1. The summed E-state index contributed by atoms with van der Waals surface area (Å²) in [5.41, 5.74) is 0.996. The maximum Gasteiger partial charge on any atom is 0.410 e. The number of nitrogens with zero attached hydrogens (tertiary/aromatic N) is 2. The van der Waals surface area contributed by atoms with Crippen molar-refractivity contribution >= 4 is 36.0 Å². The molecule has 2 bridgehead atoms. The highest BCUT2D eigenvalue weighted by Gasteiger charge is 2.45. The molecule has 1 aromatic rings. The van der Waals surface area contributed by atoms with Crippen molar-refractivity contribution in [2.45, 2.75) is 82.5 Å². The summed E-state index contributed by atoms with van der Waals surface area (Å²) in [5, 5.41) is 7.14. The fourth-order valence-electron chi connectivity index (χ4n) is 5.11. The molecule has 6 nitrogen and oxygen atoms in total. The summed E-state index contributed by atoms with van der Waals surface area (Å²) >= 11 is 0. The van der Waals surface area contributed by atoms with Crippen molar-refractivity contribution in [3.05, 3.63) is 35.9 Å². The molecule has 7 heteroatoms. The van der Waals surface area contributed by atoms with Crippen molar-refractivity contribution in [2.75, 3.05) is 13.6 Å². The lowest BCUT2D eigenvalue weighted by Gasteiger charge is -2.40. The molecule has 1 aromatic carbocycles. The number of hydrogen-bond acceptors (Lipinski definition) is 3. The number of fused-ring (bicyclic) bond motifs is 2. The molecule has 1 aliphatic carbocycles. The zero-order chi connectivity index (χ0) is 21.3. The van der Waals surface area contributed by atoms with Crippen LogP contribution >= 0.6 is 24.0 Å². The van der Waals surface area contributed by atoms with Gasteiger partial charge in [-0.25, -0.2) is 4.79 Å². The molecular formula is C24H37IN4O2. The minimum Gasteiger partial charge on any atom is -0.444 e. The van der Waals surface area contributed by atoms with Crippen LogP contribution in [0.15, 0.2) is 35.3 Å². The summed E-state index contributed by atoms with van der Waals surface area (Å²) in [7, 11) is 1.83. The summed E-state index contributed by atoms with van der Waals surface area (Å²) in [5.74, 6) is 2.23. The third-order valence-electron chi connectivity index (χ3n) is 6.58. The smallest absolute Gasteiger partial charge is 0.410 e. The molecule has 4 rings (SSSR count). The number of rotatable bonds is 4. The van der Waals surface area contributed by atoms with Gasteiger partial charge in [-0.15, -0.1) is 24.0 Å². The molecule has 172 valence electrons.